The highest BCUT2D eigenvalue weighted by Gasteiger charge is 2.11. The summed E-state index contributed by atoms with van der Waals surface area (Å²) in [4.78, 5) is 21.3. The standard InChI is InChI=1S/C9H6ClFO2/c1-5(13)8-3-7(11)2-6(4-12)9(8)10/h2-4H,1H3. The van der Waals surface area contributed by atoms with Crippen molar-refractivity contribution in [1.29, 1.82) is 0 Å². The number of halogens is 2. The summed E-state index contributed by atoms with van der Waals surface area (Å²) in [6.45, 7) is 1.26. The molecule has 0 aliphatic carbocycles. The zero-order valence-corrected chi connectivity index (χ0v) is 7.56. The summed E-state index contributed by atoms with van der Waals surface area (Å²) < 4.78 is 12.8. The molecule has 13 heavy (non-hydrogen) atoms. The van der Waals surface area contributed by atoms with Crippen molar-refractivity contribution >= 4 is 23.7 Å². The van der Waals surface area contributed by atoms with Crippen molar-refractivity contribution in [3.63, 3.8) is 0 Å². The SMILES string of the molecule is CC(=O)c1cc(F)cc(C=O)c1Cl. The van der Waals surface area contributed by atoms with Gasteiger partial charge in [0.05, 0.1) is 5.02 Å². The zero-order valence-electron chi connectivity index (χ0n) is 6.80. The molecule has 0 aromatic heterocycles. The second-order valence-corrected chi connectivity index (χ2v) is 2.91. The predicted molar refractivity (Wildman–Crippen MR) is 46.8 cm³/mol. The minimum absolute atomic E-state index is 0.00361. The molecule has 0 radical (unpaired) electrons. The Morgan fingerprint density at radius 1 is 1.54 bits per heavy atom. The highest BCUT2D eigenvalue weighted by molar-refractivity contribution is 6.36. The number of rotatable bonds is 2. The van der Waals surface area contributed by atoms with Crippen LogP contribution in [0.15, 0.2) is 12.1 Å². The third kappa shape index (κ3) is 1.92. The van der Waals surface area contributed by atoms with E-state index in [0.717, 1.165) is 12.1 Å². The Bertz CT molecular complexity index is 374. The zero-order chi connectivity index (χ0) is 10.0. The lowest BCUT2D eigenvalue weighted by Crippen LogP contribution is -1.98. The molecular weight excluding hydrogens is 195 g/mol. The highest BCUT2D eigenvalue weighted by Crippen LogP contribution is 2.21. The fourth-order valence-electron chi connectivity index (χ4n) is 0.952. The van der Waals surface area contributed by atoms with E-state index in [2.05, 4.69) is 0 Å². The van der Waals surface area contributed by atoms with Gasteiger partial charge in [0.1, 0.15) is 5.82 Å². The molecule has 1 rings (SSSR count). The molecule has 0 saturated heterocycles. The fourth-order valence-corrected chi connectivity index (χ4v) is 1.24. The van der Waals surface area contributed by atoms with Crippen LogP contribution in [0.5, 0.6) is 0 Å². The first-order valence-corrected chi connectivity index (χ1v) is 3.89. The highest BCUT2D eigenvalue weighted by atomic mass is 35.5. The monoisotopic (exact) mass is 200 g/mol. The lowest BCUT2D eigenvalue weighted by atomic mass is 10.1. The van der Waals surface area contributed by atoms with Crippen LogP contribution in [0, 0.1) is 5.82 Å². The molecule has 1 aromatic carbocycles. The largest absolute Gasteiger partial charge is 0.298 e. The van der Waals surface area contributed by atoms with Crippen molar-refractivity contribution in [2.24, 2.45) is 0 Å². The molecule has 0 amide bonds. The maximum atomic E-state index is 12.8. The lowest BCUT2D eigenvalue weighted by Gasteiger charge is -2.02. The Balaban J connectivity index is 3.44. The van der Waals surface area contributed by atoms with E-state index in [0.29, 0.717) is 6.29 Å². The molecule has 0 heterocycles. The maximum absolute atomic E-state index is 12.8. The van der Waals surface area contributed by atoms with E-state index < -0.39 is 5.82 Å². The smallest absolute Gasteiger partial charge is 0.161 e. The van der Waals surface area contributed by atoms with Crippen molar-refractivity contribution < 1.29 is 14.0 Å². The average Bonchev–Trinajstić information content (AvgIpc) is 2.08. The van der Waals surface area contributed by atoms with Gasteiger partial charge in [-0.15, -0.1) is 0 Å². The molecule has 0 atom stereocenters. The van der Waals surface area contributed by atoms with Gasteiger partial charge in [-0.3, -0.25) is 9.59 Å². The fraction of sp³-hybridized carbons (Fsp3) is 0.111. The number of aldehydes is 1. The minimum Gasteiger partial charge on any atom is -0.298 e. The van der Waals surface area contributed by atoms with Gasteiger partial charge in [0, 0.05) is 11.1 Å². The van der Waals surface area contributed by atoms with Gasteiger partial charge in [0.15, 0.2) is 12.1 Å². The summed E-state index contributed by atoms with van der Waals surface area (Å²) in [6, 6.07) is 2.00. The normalized spacial score (nSPS) is 9.77. The predicted octanol–water partition coefficient (Wildman–Crippen LogP) is 2.49. The summed E-state index contributed by atoms with van der Waals surface area (Å²) in [5, 5.41) is 0.00361. The Labute approximate surface area is 79.3 Å². The Morgan fingerprint density at radius 3 is 2.62 bits per heavy atom. The van der Waals surface area contributed by atoms with Gasteiger partial charge in [-0.1, -0.05) is 11.6 Å². The second kappa shape index (κ2) is 3.66. The third-order valence-corrected chi connectivity index (χ3v) is 1.99. The Morgan fingerprint density at radius 2 is 2.15 bits per heavy atom. The third-order valence-electron chi connectivity index (χ3n) is 1.57. The van der Waals surface area contributed by atoms with Crippen LogP contribution in [-0.2, 0) is 0 Å². The number of Topliss-reactive ketones (excluding diaryl/α,β-unsaturated/α-hetero) is 1. The van der Waals surface area contributed by atoms with Crippen molar-refractivity contribution in [3.8, 4) is 0 Å². The molecule has 4 heteroatoms. The molecular formula is C9H6ClFO2. The van der Waals surface area contributed by atoms with Gasteiger partial charge in [0.25, 0.3) is 0 Å². The number of ketones is 1. The van der Waals surface area contributed by atoms with Gasteiger partial charge in [-0.25, -0.2) is 4.39 Å². The van der Waals surface area contributed by atoms with Crippen LogP contribution < -0.4 is 0 Å². The van der Waals surface area contributed by atoms with Gasteiger partial charge < -0.3 is 0 Å². The first-order chi connectivity index (χ1) is 6.06. The number of hydrogen-bond acceptors (Lipinski definition) is 2. The van der Waals surface area contributed by atoms with E-state index in [1.54, 1.807) is 0 Å². The number of carbonyl (C=O) groups excluding carboxylic acids is 2. The van der Waals surface area contributed by atoms with Crippen molar-refractivity contribution in [1.82, 2.24) is 0 Å². The molecule has 0 aliphatic heterocycles. The minimum atomic E-state index is -0.642. The van der Waals surface area contributed by atoms with Gasteiger partial charge >= 0.3 is 0 Å². The Kier molecular flexibility index (Phi) is 2.78. The van der Waals surface area contributed by atoms with Crippen LogP contribution in [-0.4, -0.2) is 12.1 Å². The first-order valence-electron chi connectivity index (χ1n) is 3.51. The quantitative estimate of drug-likeness (QED) is 0.543. The second-order valence-electron chi connectivity index (χ2n) is 2.53. The molecule has 0 fully saturated rings. The van der Waals surface area contributed by atoms with Crippen molar-refractivity contribution in [2.75, 3.05) is 0 Å². The van der Waals surface area contributed by atoms with Crippen molar-refractivity contribution in [2.45, 2.75) is 6.92 Å². The maximum Gasteiger partial charge on any atom is 0.161 e. The van der Waals surface area contributed by atoms with Crippen LogP contribution in [0.2, 0.25) is 5.02 Å². The summed E-state index contributed by atoms with van der Waals surface area (Å²) in [6.07, 6.45) is 0.415. The lowest BCUT2D eigenvalue weighted by molar-refractivity contribution is 0.101. The molecule has 0 saturated carbocycles. The average molecular weight is 201 g/mol. The van der Waals surface area contributed by atoms with Gasteiger partial charge in [-0.05, 0) is 19.1 Å². The molecule has 0 unspecified atom stereocenters. The van der Waals surface area contributed by atoms with Crippen molar-refractivity contribution in [3.05, 3.63) is 34.1 Å². The molecule has 0 N–H and O–H groups in total. The molecule has 0 bridgehead atoms. The van der Waals surface area contributed by atoms with Gasteiger partial charge in [-0.2, -0.15) is 0 Å². The summed E-state index contributed by atoms with van der Waals surface area (Å²) in [5.41, 5.74) is 0.0237. The van der Waals surface area contributed by atoms with E-state index in [4.69, 9.17) is 11.6 Å². The van der Waals surface area contributed by atoms with Crippen LogP contribution >= 0.6 is 11.6 Å². The molecule has 68 valence electrons. The van der Waals surface area contributed by atoms with E-state index in [9.17, 15) is 14.0 Å². The summed E-state index contributed by atoms with van der Waals surface area (Å²) in [5.74, 6) is -1.01. The van der Waals surface area contributed by atoms with Crippen LogP contribution in [0.4, 0.5) is 4.39 Å². The van der Waals surface area contributed by atoms with E-state index >= 15 is 0 Å². The van der Waals surface area contributed by atoms with E-state index in [1.807, 2.05) is 0 Å². The van der Waals surface area contributed by atoms with E-state index in [1.165, 1.54) is 6.92 Å². The number of hydrogen-bond donors (Lipinski definition) is 0. The number of carbonyl (C=O) groups is 2. The first kappa shape index (κ1) is 9.86. The van der Waals surface area contributed by atoms with Crippen LogP contribution in [0.1, 0.15) is 27.6 Å². The Hall–Kier alpha value is -1.22. The van der Waals surface area contributed by atoms with Gasteiger partial charge in [0.2, 0.25) is 0 Å². The van der Waals surface area contributed by atoms with Crippen LogP contribution in [0.25, 0.3) is 0 Å². The molecule has 1 aromatic rings. The van der Waals surface area contributed by atoms with E-state index in [-0.39, 0.29) is 21.9 Å². The topological polar surface area (TPSA) is 34.1 Å². The molecule has 0 spiro atoms. The summed E-state index contributed by atoms with van der Waals surface area (Å²) in [7, 11) is 0. The number of benzene rings is 1. The summed E-state index contributed by atoms with van der Waals surface area (Å²) >= 11 is 5.66. The molecule has 0 aliphatic rings. The van der Waals surface area contributed by atoms with Crippen LogP contribution in [0.3, 0.4) is 0 Å². The molecule has 2 nitrogen and oxygen atoms in total.